The number of nitrogens with zero attached hydrogens (tertiary/aromatic N) is 6. The van der Waals surface area contributed by atoms with Crippen LogP contribution in [-0.2, 0) is 13.2 Å². The van der Waals surface area contributed by atoms with Crippen LogP contribution in [0.5, 0.6) is 0 Å². The maximum absolute atomic E-state index is 13.0. The summed E-state index contributed by atoms with van der Waals surface area (Å²) >= 11 is 0. The van der Waals surface area contributed by atoms with Crippen molar-refractivity contribution in [2.75, 3.05) is 0 Å². The van der Waals surface area contributed by atoms with Gasteiger partial charge < -0.3 is 4.85 Å². The van der Waals surface area contributed by atoms with E-state index in [-0.39, 0.29) is 5.69 Å². The van der Waals surface area contributed by atoms with E-state index < -0.39 is 11.9 Å². The summed E-state index contributed by atoms with van der Waals surface area (Å²) in [5.41, 5.74) is 1.37. The van der Waals surface area contributed by atoms with Crippen molar-refractivity contribution in [3.63, 3.8) is 0 Å². The summed E-state index contributed by atoms with van der Waals surface area (Å²) in [5.74, 6) is 0.342. The first kappa shape index (κ1) is 16.8. The SMILES string of the molecule is [C-]#[N+]c1cnc2ccc(-c3cn(C)nc3-c3cccc(C(F)(F)F)n3)cn12. The lowest BCUT2D eigenvalue weighted by Crippen LogP contribution is -2.08. The van der Waals surface area contributed by atoms with E-state index in [1.54, 1.807) is 36.0 Å². The Morgan fingerprint density at radius 2 is 1.93 bits per heavy atom. The van der Waals surface area contributed by atoms with Gasteiger partial charge in [0.1, 0.15) is 11.4 Å². The topological polar surface area (TPSA) is 52.4 Å². The Balaban J connectivity index is 1.89. The van der Waals surface area contributed by atoms with Crippen molar-refractivity contribution in [3.05, 3.63) is 66.0 Å². The number of imidazole rings is 1. The van der Waals surface area contributed by atoms with Crippen LogP contribution in [0.25, 0.3) is 33.0 Å². The first-order valence-corrected chi connectivity index (χ1v) is 7.80. The molecule has 0 N–H and O–H groups in total. The molecule has 0 aliphatic rings. The highest BCUT2D eigenvalue weighted by atomic mass is 19.4. The predicted octanol–water partition coefficient (Wildman–Crippen LogP) is 4.37. The quantitative estimate of drug-likeness (QED) is 0.494. The van der Waals surface area contributed by atoms with Crippen molar-refractivity contribution >= 4 is 11.5 Å². The number of fused-ring (bicyclic) bond motifs is 1. The van der Waals surface area contributed by atoms with E-state index in [1.165, 1.54) is 23.0 Å². The molecule has 0 aliphatic carbocycles. The molecule has 0 fully saturated rings. The molecular weight excluding hydrogens is 357 g/mol. The van der Waals surface area contributed by atoms with Crippen LogP contribution in [0.15, 0.2) is 48.9 Å². The molecular formula is C18H11F3N6. The van der Waals surface area contributed by atoms with E-state index in [1.807, 2.05) is 0 Å². The van der Waals surface area contributed by atoms with Crippen LogP contribution in [0.2, 0.25) is 0 Å². The van der Waals surface area contributed by atoms with Crippen LogP contribution in [-0.4, -0.2) is 24.1 Å². The maximum Gasteiger partial charge on any atom is 0.433 e. The van der Waals surface area contributed by atoms with Crippen molar-refractivity contribution in [2.45, 2.75) is 6.18 Å². The summed E-state index contributed by atoms with van der Waals surface area (Å²) in [4.78, 5) is 11.3. The number of rotatable bonds is 2. The molecule has 0 unspecified atom stereocenters. The Labute approximate surface area is 151 Å². The minimum absolute atomic E-state index is 0.122. The molecule has 9 heteroatoms. The highest BCUT2D eigenvalue weighted by Gasteiger charge is 2.33. The number of pyridine rings is 2. The molecule has 4 rings (SSSR count). The van der Waals surface area contributed by atoms with Crippen molar-refractivity contribution in [2.24, 2.45) is 7.05 Å². The van der Waals surface area contributed by atoms with Gasteiger partial charge in [-0.1, -0.05) is 12.6 Å². The van der Waals surface area contributed by atoms with Crippen LogP contribution in [0.1, 0.15) is 5.69 Å². The normalized spacial score (nSPS) is 11.7. The van der Waals surface area contributed by atoms with Gasteiger partial charge in [0.25, 0.3) is 5.82 Å². The smallest absolute Gasteiger partial charge is 0.362 e. The third-order valence-corrected chi connectivity index (χ3v) is 4.02. The van der Waals surface area contributed by atoms with Crippen LogP contribution in [0.4, 0.5) is 19.0 Å². The summed E-state index contributed by atoms with van der Waals surface area (Å²) in [7, 11) is 1.68. The monoisotopic (exact) mass is 368 g/mol. The van der Waals surface area contributed by atoms with Gasteiger partial charge in [0.2, 0.25) is 5.65 Å². The third kappa shape index (κ3) is 2.91. The molecule has 0 bridgehead atoms. The molecule has 0 atom stereocenters. The van der Waals surface area contributed by atoms with Crippen LogP contribution >= 0.6 is 0 Å². The molecule has 0 amide bonds. The molecule has 0 spiro atoms. The Morgan fingerprint density at radius 3 is 2.67 bits per heavy atom. The second kappa shape index (κ2) is 5.95. The number of hydrogen-bond acceptors (Lipinski definition) is 3. The van der Waals surface area contributed by atoms with E-state index in [2.05, 4.69) is 19.9 Å². The number of alkyl halides is 3. The molecule has 4 heterocycles. The summed E-state index contributed by atoms with van der Waals surface area (Å²) < 4.78 is 42.2. The molecule has 0 radical (unpaired) electrons. The summed E-state index contributed by atoms with van der Waals surface area (Å²) in [6.07, 6.45) is 0.340. The second-order valence-electron chi connectivity index (χ2n) is 5.85. The summed E-state index contributed by atoms with van der Waals surface area (Å²) in [6, 6.07) is 7.23. The van der Waals surface area contributed by atoms with Crippen LogP contribution < -0.4 is 0 Å². The van der Waals surface area contributed by atoms with Crippen molar-refractivity contribution < 1.29 is 13.2 Å². The number of halogens is 3. The molecule has 4 aromatic rings. The van der Waals surface area contributed by atoms with Crippen LogP contribution in [0.3, 0.4) is 0 Å². The van der Waals surface area contributed by atoms with Gasteiger partial charge in [0.15, 0.2) is 0 Å². The Morgan fingerprint density at radius 1 is 1.11 bits per heavy atom. The molecule has 4 aromatic heterocycles. The zero-order chi connectivity index (χ0) is 19.2. The zero-order valence-electron chi connectivity index (χ0n) is 13.9. The van der Waals surface area contributed by atoms with Gasteiger partial charge >= 0.3 is 6.18 Å². The van der Waals surface area contributed by atoms with Crippen LogP contribution in [0, 0.1) is 6.57 Å². The van der Waals surface area contributed by atoms with Gasteiger partial charge in [0.05, 0.1) is 18.1 Å². The van der Waals surface area contributed by atoms with E-state index in [0.717, 1.165) is 6.07 Å². The van der Waals surface area contributed by atoms with Gasteiger partial charge in [-0.3, -0.25) is 4.68 Å². The first-order valence-electron chi connectivity index (χ1n) is 7.80. The van der Waals surface area contributed by atoms with Gasteiger partial charge in [0, 0.05) is 30.4 Å². The Hall–Kier alpha value is -3.67. The summed E-state index contributed by atoms with van der Waals surface area (Å²) in [6.45, 7) is 7.21. The lowest BCUT2D eigenvalue weighted by Gasteiger charge is -2.07. The fourth-order valence-electron chi connectivity index (χ4n) is 2.82. The number of aryl methyl sites for hydroxylation is 1. The van der Waals surface area contributed by atoms with Crippen molar-refractivity contribution in [3.8, 4) is 22.5 Å². The average Bonchev–Trinajstić information content (AvgIpc) is 3.23. The highest BCUT2D eigenvalue weighted by Crippen LogP contribution is 2.33. The van der Waals surface area contributed by atoms with E-state index >= 15 is 0 Å². The molecule has 0 aromatic carbocycles. The zero-order valence-corrected chi connectivity index (χ0v) is 13.9. The molecule has 134 valence electrons. The standard InChI is InChI=1S/C18H11F3N6/c1-22-16-8-23-15-7-6-11(9-27(15)16)12-10-26(2)25-17(12)13-4-3-5-14(24-13)18(19,20)21/h3-10H,2H3. The summed E-state index contributed by atoms with van der Waals surface area (Å²) in [5, 5.41) is 4.29. The van der Waals surface area contributed by atoms with Gasteiger partial charge in [-0.25, -0.2) is 14.4 Å². The van der Waals surface area contributed by atoms with E-state index in [9.17, 15) is 13.2 Å². The van der Waals surface area contributed by atoms with E-state index in [4.69, 9.17) is 6.57 Å². The second-order valence-corrected chi connectivity index (χ2v) is 5.85. The fraction of sp³-hybridized carbons (Fsp3) is 0.111. The van der Waals surface area contributed by atoms with E-state index in [0.29, 0.717) is 28.3 Å². The first-order chi connectivity index (χ1) is 12.9. The average molecular weight is 368 g/mol. The Kier molecular flexibility index (Phi) is 3.70. The minimum atomic E-state index is -4.54. The van der Waals surface area contributed by atoms with Gasteiger partial charge in [-0.2, -0.15) is 18.3 Å². The molecule has 0 saturated carbocycles. The predicted molar refractivity (Wildman–Crippen MR) is 91.9 cm³/mol. The fourth-order valence-corrected chi connectivity index (χ4v) is 2.82. The highest BCUT2D eigenvalue weighted by molar-refractivity contribution is 5.79. The lowest BCUT2D eigenvalue weighted by atomic mass is 10.1. The van der Waals surface area contributed by atoms with Crippen molar-refractivity contribution in [1.82, 2.24) is 24.1 Å². The van der Waals surface area contributed by atoms with Gasteiger partial charge in [-0.15, -0.1) is 0 Å². The lowest BCUT2D eigenvalue weighted by molar-refractivity contribution is -0.141. The molecule has 27 heavy (non-hydrogen) atoms. The number of hydrogen-bond donors (Lipinski definition) is 0. The molecule has 6 nitrogen and oxygen atoms in total. The molecule has 0 saturated heterocycles. The maximum atomic E-state index is 13.0. The molecule has 0 aliphatic heterocycles. The minimum Gasteiger partial charge on any atom is -0.362 e. The largest absolute Gasteiger partial charge is 0.433 e. The Bertz CT molecular complexity index is 1200. The number of aromatic nitrogens is 5. The third-order valence-electron chi connectivity index (χ3n) is 4.02. The van der Waals surface area contributed by atoms with Crippen molar-refractivity contribution in [1.29, 1.82) is 0 Å². The van der Waals surface area contributed by atoms with Gasteiger partial charge in [-0.05, 0) is 18.2 Å².